The van der Waals surface area contributed by atoms with Gasteiger partial charge in [0.1, 0.15) is 0 Å². The summed E-state index contributed by atoms with van der Waals surface area (Å²) in [6.45, 7) is 10.4. The molecule has 0 heterocycles. The molecule has 0 fully saturated rings. The van der Waals surface area contributed by atoms with Crippen molar-refractivity contribution in [3.63, 3.8) is 0 Å². The molecule has 0 amide bonds. The molecule has 1 aromatic rings. The molecule has 0 saturated carbocycles. The van der Waals surface area contributed by atoms with Gasteiger partial charge in [-0.2, -0.15) is 0 Å². The summed E-state index contributed by atoms with van der Waals surface area (Å²) in [5.41, 5.74) is 1.57. The van der Waals surface area contributed by atoms with Crippen molar-refractivity contribution >= 4 is 18.0 Å². The van der Waals surface area contributed by atoms with Gasteiger partial charge in [0.05, 0.1) is 12.2 Å². The second kappa shape index (κ2) is 10.2. The normalized spacial score (nSPS) is 9.43. The molecule has 4 heteroatoms. The molecular weight excluding hydrogens is 268 g/mol. The van der Waals surface area contributed by atoms with E-state index >= 15 is 0 Å². The highest BCUT2D eigenvalue weighted by atomic mass is 16.5. The van der Waals surface area contributed by atoms with E-state index in [1.165, 1.54) is 6.92 Å². The zero-order chi connectivity index (χ0) is 16.3. The largest absolute Gasteiger partial charge is 0.478 e. The van der Waals surface area contributed by atoms with Crippen LogP contribution in [0.3, 0.4) is 0 Å². The Labute approximate surface area is 125 Å². The van der Waals surface area contributed by atoms with Gasteiger partial charge < -0.3 is 9.84 Å². The highest BCUT2D eigenvalue weighted by molar-refractivity contribution is 5.92. The van der Waals surface area contributed by atoms with E-state index in [9.17, 15) is 9.59 Å². The lowest BCUT2D eigenvalue weighted by molar-refractivity contribution is -0.138. The number of benzene rings is 1. The molecule has 1 aromatic carbocycles. The first kappa shape index (κ1) is 18.4. The van der Waals surface area contributed by atoms with Crippen molar-refractivity contribution in [2.45, 2.75) is 13.8 Å². The molecule has 1 rings (SSSR count). The van der Waals surface area contributed by atoms with Crippen LogP contribution in [0.15, 0.2) is 60.7 Å². The summed E-state index contributed by atoms with van der Waals surface area (Å²) in [5.74, 6) is -1.31. The summed E-state index contributed by atoms with van der Waals surface area (Å²) < 4.78 is 4.80. The third-order valence-corrected chi connectivity index (χ3v) is 2.18. The van der Waals surface area contributed by atoms with E-state index in [2.05, 4.69) is 13.2 Å². The number of esters is 1. The maximum Gasteiger partial charge on any atom is 0.337 e. The fourth-order valence-corrected chi connectivity index (χ4v) is 1.05. The molecule has 0 aliphatic heterocycles. The van der Waals surface area contributed by atoms with Crippen LogP contribution in [0.25, 0.3) is 6.08 Å². The molecule has 21 heavy (non-hydrogen) atoms. The van der Waals surface area contributed by atoms with Gasteiger partial charge in [0, 0.05) is 5.57 Å². The fourth-order valence-electron chi connectivity index (χ4n) is 1.05. The number of carboxylic acids is 1. The van der Waals surface area contributed by atoms with Crippen LogP contribution in [-0.2, 0) is 14.3 Å². The summed E-state index contributed by atoms with van der Waals surface area (Å²) in [7, 11) is 0. The van der Waals surface area contributed by atoms with Gasteiger partial charge in [-0.25, -0.2) is 9.59 Å². The van der Waals surface area contributed by atoms with Crippen molar-refractivity contribution in [2.75, 3.05) is 6.61 Å². The van der Waals surface area contributed by atoms with E-state index in [-0.39, 0.29) is 11.5 Å². The van der Waals surface area contributed by atoms with Crippen LogP contribution in [0.2, 0.25) is 0 Å². The first-order valence-electron chi connectivity index (χ1n) is 6.36. The Balaban J connectivity index is 0.000000567. The van der Waals surface area contributed by atoms with Gasteiger partial charge in [-0.1, -0.05) is 49.6 Å². The lowest BCUT2D eigenvalue weighted by atomic mass is 10.2. The average molecular weight is 288 g/mol. The molecule has 0 unspecified atom stereocenters. The number of hydrogen-bond acceptors (Lipinski definition) is 3. The Morgan fingerprint density at radius 3 is 2.19 bits per heavy atom. The summed E-state index contributed by atoms with van der Waals surface area (Å²) in [6.07, 6.45) is 3.49. The second-order valence-corrected chi connectivity index (χ2v) is 4.08. The van der Waals surface area contributed by atoms with Crippen LogP contribution in [0.1, 0.15) is 19.4 Å². The van der Waals surface area contributed by atoms with Crippen LogP contribution in [0, 0.1) is 0 Å². The zero-order valence-corrected chi connectivity index (χ0v) is 12.3. The van der Waals surface area contributed by atoms with Crippen molar-refractivity contribution in [1.82, 2.24) is 0 Å². The van der Waals surface area contributed by atoms with Crippen LogP contribution >= 0.6 is 0 Å². The molecule has 0 atom stereocenters. The number of aliphatic carboxylic acids is 1. The fraction of sp³-hybridized carbons (Fsp3) is 0.176. The van der Waals surface area contributed by atoms with Crippen molar-refractivity contribution < 1.29 is 19.4 Å². The predicted molar refractivity (Wildman–Crippen MR) is 83.7 cm³/mol. The molecule has 112 valence electrons. The number of rotatable bonds is 5. The maximum absolute atomic E-state index is 11.2. The first-order valence-corrected chi connectivity index (χ1v) is 6.36. The van der Waals surface area contributed by atoms with Crippen LogP contribution in [-0.4, -0.2) is 23.7 Å². The van der Waals surface area contributed by atoms with E-state index < -0.39 is 5.97 Å². The number of carboxylic acid groups (broad SMARTS) is 1. The molecule has 0 radical (unpaired) electrons. The highest BCUT2D eigenvalue weighted by Gasteiger charge is 2.02. The molecule has 0 aromatic heterocycles. The van der Waals surface area contributed by atoms with Gasteiger partial charge in [0.2, 0.25) is 0 Å². The first-order chi connectivity index (χ1) is 9.88. The SMILES string of the molecule is C=C(C)C(=O)O.C=C(C=Cc1ccccc1)C(=O)OCC. The topological polar surface area (TPSA) is 63.6 Å². The van der Waals surface area contributed by atoms with E-state index in [0.29, 0.717) is 12.2 Å². The number of carbonyl (C=O) groups is 2. The van der Waals surface area contributed by atoms with Crippen molar-refractivity contribution in [3.8, 4) is 0 Å². The van der Waals surface area contributed by atoms with Gasteiger partial charge in [0.25, 0.3) is 0 Å². The van der Waals surface area contributed by atoms with Crippen molar-refractivity contribution in [2.24, 2.45) is 0 Å². The Hall–Kier alpha value is -2.62. The summed E-state index contributed by atoms with van der Waals surface area (Å²) >= 11 is 0. The van der Waals surface area contributed by atoms with E-state index in [0.717, 1.165) is 5.56 Å². The van der Waals surface area contributed by atoms with Gasteiger partial charge in [-0.05, 0) is 25.5 Å². The molecule has 0 aliphatic rings. The van der Waals surface area contributed by atoms with Crippen molar-refractivity contribution in [3.05, 3.63) is 66.3 Å². The van der Waals surface area contributed by atoms with Crippen LogP contribution in [0.5, 0.6) is 0 Å². The van der Waals surface area contributed by atoms with E-state index in [1.807, 2.05) is 36.4 Å². The lowest BCUT2D eigenvalue weighted by Gasteiger charge is -1.99. The number of carbonyl (C=O) groups excluding carboxylic acids is 1. The van der Waals surface area contributed by atoms with Gasteiger partial charge in [-0.3, -0.25) is 0 Å². The summed E-state index contributed by atoms with van der Waals surface area (Å²) in [6, 6.07) is 9.72. The van der Waals surface area contributed by atoms with E-state index in [1.54, 1.807) is 13.0 Å². The molecule has 0 spiro atoms. The van der Waals surface area contributed by atoms with Crippen molar-refractivity contribution in [1.29, 1.82) is 0 Å². The smallest absolute Gasteiger partial charge is 0.337 e. The summed E-state index contributed by atoms with van der Waals surface area (Å²) in [5, 5.41) is 7.89. The number of hydrogen-bond donors (Lipinski definition) is 1. The Kier molecular flexibility index (Phi) is 8.93. The molecule has 0 saturated heterocycles. The molecule has 0 aliphatic carbocycles. The van der Waals surface area contributed by atoms with Crippen LogP contribution in [0.4, 0.5) is 0 Å². The third kappa shape index (κ3) is 8.99. The predicted octanol–water partition coefficient (Wildman–Crippen LogP) is 3.47. The number of ether oxygens (including phenoxy) is 1. The Morgan fingerprint density at radius 2 is 1.76 bits per heavy atom. The molecule has 4 nitrogen and oxygen atoms in total. The Morgan fingerprint density at radius 1 is 1.24 bits per heavy atom. The van der Waals surface area contributed by atoms with Gasteiger partial charge in [-0.15, -0.1) is 0 Å². The highest BCUT2D eigenvalue weighted by Crippen LogP contribution is 2.05. The molecule has 1 N–H and O–H groups in total. The molecule has 0 bridgehead atoms. The van der Waals surface area contributed by atoms with Gasteiger partial charge >= 0.3 is 11.9 Å². The maximum atomic E-state index is 11.2. The minimum absolute atomic E-state index is 0.176. The summed E-state index contributed by atoms with van der Waals surface area (Å²) in [4.78, 5) is 20.8. The third-order valence-electron chi connectivity index (χ3n) is 2.18. The van der Waals surface area contributed by atoms with Gasteiger partial charge in [0.15, 0.2) is 0 Å². The lowest BCUT2D eigenvalue weighted by Crippen LogP contribution is -2.04. The standard InChI is InChI=1S/C13H14O2.C4H6O2/c1-3-15-13(14)11(2)9-10-12-7-5-4-6-8-12;1-3(2)4(5)6/h4-10H,2-3H2,1H3;1H2,2H3,(H,5,6). The minimum Gasteiger partial charge on any atom is -0.478 e. The monoisotopic (exact) mass is 288 g/mol. The van der Waals surface area contributed by atoms with E-state index in [4.69, 9.17) is 9.84 Å². The average Bonchev–Trinajstić information content (AvgIpc) is 2.46. The zero-order valence-electron chi connectivity index (χ0n) is 12.3. The van der Waals surface area contributed by atoms with Crippen LogP contribution < -0.4 is 0 Å². The Bertz CT molecular complexity index is 515. The minimum atomic E-state index is -0.935. The molecular formula is C17H20O4. The quantitative estimate of drug-likeness (QED) is 0.512. The second-order valence-electron chi connectivity index (χ2n) is 4.08.